The third kappa shape index (κ3) is 5.41. The van der Waals surface area contributed by atoms with Crippen molar-refractivity contribution < 1.29 is 31.8 Å². The molecule has 0 aliphatic heterocycles. The summed E-state index contributed by atoms with van der Waals surface area (Å²) in [5.74, 6) is -2.21. The second kappa shape index (κ2) is 8.43. The van der Waals surface area contributed by atoms with E-state index in [-0.39, 0.29) is 21.7 Å². The van der Waals surface area contributed by atoms with Crippen LogP contribution < -0.4 is 14.8 Å². The zero-order chi connectivity index (χ0) is 21.0. The molecule has 150 valence electrons. The Bertz CT molecular complexity index is 1020. The van der Waals surface area contributed by atoms with Gasteiger partial charge in [-0.15, -0.1) is 13.2 Å². The van der Waals surface area contributed by atoms with E-state index in [4.69, 9.17) is 4.74 Å². The number of nitrogens with zero attached hydrogens (tertiary/aromatic N) is 2. The summed E-state index contributed by atoms with van der Waals surface area (Å²) < 4.78 is 60.6. The number of hydrogen-bond donors (Lipinski definition) is 1. The molecule has 0 bridgehead atoms. The van der Waals surface area contributed by atoms with Gasteiger partial charge in [0, 0.05) is 0 Å². The molecule has 0 aliphatic carbocycles. The fourth-order valence-corrected chi connectivity index (χ4v) is 2.55. The number of carbonyl (C=O) groups is 1. The number of anilines is 1. The molecule has 0 atom stereocenters. The number of rotatable bonds is 5. The summed E-state index contributed by atoms with van der Waals surface area (Å²) in [4.78, 5) is 12.6. The molecule has 0 saturated carbocycles. The van der Waals surface area contributed by atoms with Gasteiger partial charge < -0.3 is 14.8 Å². The normalized spacial score (nSPS) is 11.1. The van der Waals surface area contributed by atoms with Crippen molar-refractivity contribution in [1.29, 1.82) is 0 Å². The van der Waals surface area contributed by atoms with Gasteiger partial charge in [-0.1, -0.05) is 0 Å². The van der Waals surface area contributed by atoms with Crippen LogP contribution in [0.15, 0.2) is 59.3 Å². The van der Waals surface area contributed by atoms with Crippen LogP contribution in [0.1, 0.15) is 10.4 Å². The van der Waals surface area contributed by atoms with Gasteiger partial charge in [-0.05, 0) is 58.4 Å². The van der Waals surface area contributed by atoms with Crippen LogP contribution in [0.5, 0.6) is 17.2 Å². The van der Waals surface area contributed by atoms with E-state index in [1.54, 1.807) is 0 Å². The van der Waals surface area contributed by atoms with Gasteiger partial charge in [0.2, 0.25) is 0 Å². The average molecular weight is 472 g/mol. The molecule has 1 N–H and O–H groups in total. The van der Waals surface area contributed by atoms with Crippen molar-refractivity contribution in [3.05, 3.63) is 70.7 Å². The third-order valence-corrected chi connectivity index (χ3v) is 4.02. The lowest BCUT2D eigenvalue weighted by Crippen LogP contribution is -2.17. The highest BCUT2D eigenvalue weighted by Gasteiger charge is 2.31. The van der Waals surface area contributed by atoms with Gasteiger partial charge in [0.15, 0.2) is 5.82 Å². The van der Waals surface area contributed by atoms with E-state index in [0.29, 0.717) is 0 Å². The number of amides is 1. The molecule has 0 radical (unpaired) electrons. The Hall–Kier alpha value is -3.21. The molecule has 0 spiro atoms. The highest BCUT2D eigenvalue weighted by molar-refractivity contribution is 9.10. The second-order valence-electron chi connectivity index (χ2n) is 5.44. The Morgan fingerprint density at radius 1 is 1.00 bits per heavy atom. The standard InChI is InChI=1S/C18H10BrF4N3O3/c19-13-5-6-14(28-11-1-3-12(4-2-11)29-18(21,22)23)15(16(13)20)17(27)26-10-7-8-24-25-9-10/h1-9H,(H,24,26,27). The van der Waals surface area contributed by atoms with Crippen molar-refractivity contribution in [2.75, 3.05) is 5.32 Å². The lowest BCUT2D eigenvalue weighted by Gasteiger charge is -2.14. The number of halogens is 5. The molecule has 1 heterocycles. The summed E-state index contributed by atoms with van der Waals surface area (Å²) in [5, 5.41) is 9.64. The third-order valence-electron chi connectivity index (χ3n) is 3.41. The van der Waals surface area contributed by atoms with Gasteiger partial charge in [-0.2, -0.15) is 10.2 Å². The minimum atomic E-state index is -4.83. The van der Waals surface area contributed by atoms with Crippen molar-refractivity contribution >= 4 is 27.5 Å². The highest BCUT2D eigenvalue weighted by Crippen LogP contribution is 2.33. The van der Waals surface area contributed by atoms with Crippen LogP contribution in [0.25, 0.3) is 0 Å². The first kappa shape index (κ1) is 20.5. The Morgan fingerprint density at radius 2 is 1.69 bits per heavy atom. The van der Waals surface area contributed by atoms with E-state index in [0.717, 1.165) is 12.1 Å². The van der Waals surface area contributed by atoms with Crippen LogP contribution in [0.3, 0.4) is 0 Å². The molecule has 1 aromatic heterocycles. The fraction of sp³-hybridized carbons (Fsp3) is 0.0556. The van der Waals surface area contributed by atoms with Gasteiger partial charge in [0.1, 0.15) is 22.8 Å². The molecule has 3 aromatic rings. The molecule has 0 unspecified atom stereocenters. The van der Waals surface area contributed by atoms with Gasteiger partial charge in [-0.3, -0.25) is 4.79 Å². The predicted molar refractivity (Wildman–Crippen MR) is 97.3 cm³/mol. The Balaban J connectivity index is 1.86. The minimum absolute atomic E-state index is 0.0248. The van der Waals surface area contributed by atoms with Crippen molar-refractivity contribution in [3.63, 3.8) is 0 Å². The average Bonchev–Trinajstić information content (AvgIpc) is 2.66. The SMILES string of the molecule is O=C(Nc1ccnnc1)c1c(Oc2ccc(OC(F)(F)F)cc2)ccc(Br)c1F. The summed E-state index contributed by atoms with van der Waals surface area (Å²) in [5.41, 5.74) is -0.129. The van der Waals surface area contributed by atoms with Crippen LogP contribution in [0, 0.1) is 5.82 Å². The summed E-state index contributed by atoms with van der Waals surface area (Å²) in [6.45, 7) is 0. The topological polar surface area (TPSA) is 73.3 Å². The summed E-state index contributed by atoms with van der Waals surface area (Å²) in [6, 6.07) is 8.57. The number of ether oxygens (including phenoxy) is 2. The largest absolute Gasteiger partial charge is 0.573 e. The first-order valence-electron chi connectivity index (χ1n) is 7.82. The van der Waals surface area contributed by atoms with E-state index in [1.807, 2.05) is 0 Å². The maximum Gasteiger partial charge on any atom is 0.573 e. The number of hydrogen-bond acceptors (Lipinski definition) is 5. The molecular formula is C18H10BrF4N3O3. The van der Waals surface area contributed by atoms with Crippen molar-refractivity contribution in [2.45, 2.75) is 6.36 Å². The first-order valence-corrected chi connectivity index (χ1v) is 8.62. The maximum absolute atomic E-state index is 14.6. The Kier molecular flexibility index (Phi) is 5.97. The van der Waals surface area contributed by atoms with E-state index in [9.17, 15) is 22.4 Å². The van der Waals surface area contributed by atoms with Crippen molar-refractivity contribution in [1.82, 2.24) is 10.2 Å². The molecule has 1 amide bonds. The molecule has 2 aromatic carbocycles. The highest BCUT2D eigenvalue weighted by atomic mass is 79.9. The molecule has 29 heavy (non-hydrogen) atoms. The minimum Gasteiger partial charge on any atom is -0.456 e. The van der Waals surface area contributed by atoms with Gasteiger partial charge in [-0.25, -0.2) is 4.39 Å². The first-order chi connectivity index (χ1) is 13.7. The molecule has 6 nitrogen and oxygen atoms in total. The van der Waals surface area contributed by atoms with E-state index < -0.39 is 29.4 Å². The smallest absolute Gasteiger partial charge is 0.456 e. The number of alkyl halides is 3. The van der Waals surface area contributed by atoms with E-state index in [1.165, 1.54) is 42.7 Å². The maximum atomic E-state index is 14.6. The van der Waals surface area contributed by atoms with Crippen LogP contribution >= 0.6 is 15.9 Å². The summed E-state index contributed by atoms with van der Waals surface area (Å²) in [6.07, 6.45) is -2.22. The zero-order valence-electron chi connectivity index (χ0n) is 14.2. The van der Waals surface area contributed by atoms with Crippen molar-refractivity contribution in [3.8, 4) is 17.2 Å². The lowest BCUT2D eigenvalue weighted by molar-refractivity contribution is -0.274. The lowest BCUT2D eigenvalue weighted by atomic mass is 10.1. The number of aromatic nitrogens is 2. The number of nitrogens with one attached hydrogen (secondary N) is 1. The van der Waals surface area contributed by atoms with Crippen molar-refractivity contribution in [2.24, 2.45) is 0 Å². The molecular weight excluding hydrogens is 462 g/mol. The zero-order valence-corrected chi connectivity index (χ0v) is 15.8. The Morgan fingerprint density at radius 3 is 2.31 bits per heavy atom. The van der Waals surface area contributed by atoms with E-state index in [2.05, 4.69) is 36.2 Å². The van der Waals surface area contributed by atoms with Crippen LogP contribution in [0.2, 0.25) is 0 Å². The predicted octanol–water partition coefficient (Wildman–Crippen LogP) is 5.32. The van der Waals surface area contributed by atoms with Gasteiger partial charge in [0.25, 0.3) is 5.91 Å². The molecule has 0 fully saturated rings. The van der Waals surface area contributed by atoms with Crippen LogP contribution in [0.4, 0.5) is 23.2 Å². The summed E-state index contributed by atoms with van der Waals surface area (Å²) in [7, 11) is 0. The second-order valence-corrected chi connectivity index (χ2v) is 6.30. The molecule has 0 aliphatic rings. The van der Waals surface area contributed by atoms with Gasteiger partial charge >= 0.3 is 6.36 Å². The molecule has 0 saturated heterocycles. The van der Waals surface area contributed by atoms with Gasteiger partial charge in [0.05, 0.1) is 22.6 Å². The van der Waals surface area contributed by atoms with Crippen LogP contribution in [-0.4, -0.2) is 22.5 Å². The van der Waals surface area contributed by atoms with E-state index >= 15 is 0 Å². The summed E-state index contributed by atoms with van der Waals surface area (Å²) >= 11 is 3.00. The number of carbonyl (C=O) groups excluding carboxylic acids is 1. The fourth-order valence-electron chi connectivity index (χ4n) is 2.22. The quantitative estimate of drug-likeness (QED) is 0.509. The molecule has 3 rings (SSSR count). The monoisotopic (exact) mass is 471 g/mol. The number of benzene rings is 2. The molecule has 11 heteroatoms. The van der Waals surface area contributed by atoms with Crippen LogP contribution in [-0.2, 0) is 0 Å². The Labute approximate surface area is 169 Å².